The van der Waals surface area contributed by atoms with Gasteiger partial charge < -0.3 is 10.0 Å². The Bertz CT molecular complexity index is 608. The minimum Gasteiger partial charge on any atom is -0.379 e. The zero-order valence-corrected chi connectivity index (χ0v) is 15.2. The number of nitrogens with zero attached hydrogens (tertiary/aromatic N) is 2. The van der Waals surface area contributed by atoms with Gasteiger partial charge in [-0.05, 0) is 35.8 Å². The third-order valence-electron chi connectivity index (χ3n) is 5.06. The highest BCUT2D eigenvalue weighted by molar-refractivity contribution is 5.86. The molecule has 2 aliphatic heterocycles. The lowest BCUT2D eigenvalue weighted by Gasteiger charge is -2.43. The fourth-order valence-electron chi connectivity index (χ4n) is 3.99. The van der Waals surface area contributed by atoms with Crippen molar-refractivity contribution in [1.82, 2.24) is 9.80 Å². The number of amides is 1. The molecule has 0 spiro atoms. The Hall–Kier alpha value is -1.39. The van der Waals surface area contributed by atoms with E-state index >= 15 is 0 Å². The maximum atomic E-state index is 12.9. The van der Waals surface area contributed by atoms with Crippen molar-refractivity contribution in [3.63, 3.8) is 0 Å². The van der Waals surface area contributed by atoms with Gasteiger partial charge in [0.2, 0.25) is 0 Å². The zero-order chi connectivity index (χ0) is 17.4. The normalized spacial score (nSPS) is 25.7. The molecule has 132 valence electrons. The molecule has 4 nitrogen and oxygen atoms in total. The van der Waals surface area contributed by atoms with Crippen molar-refractivity contribution >= 4 is 5.91 Å². The van der Waals surface area contributed by atoms with Crippen LogP contribution in [-0.4, -0.2) is 52.6 Å². The van der Waals surface area contributed by atoms with E-state index in [2.05, 4.69) is 49.9 Å². The molecule has 1 aromatic rings. The van der Waals surface area contributed by atoms with E-state index in [0.29, 0.717) is 19.5 Å². The van der Waals surface area contributed by atoms with Gasteiger partial charge in [0.25, 0.3) is 5.91 Å². The quantitative estimate of drug-likeness (QED) is 0.926. The Morgan fingerprint density at radius 2 is 1.88 bits per heavy atom. The van der Waals surface area contributed by atoms with Crippen molar-refractivity contribution < 1.29 is 9.90 Å². The van der Waals surface area contributed by atoms with E-state index in [1.807, 2.05) is 4.90 Å². The molecule has 2 aliphatic rings. The Balaban J connectivity index is 1.68. The van der Waals surface area contributed by atoms with E-state index in [1.54, 1.807) is 0 Å². The second-order valence-corrected chi connectivity index (χ2v) is 8.65. The molecule has 1 atom stereocenters. The lowest BCUT2D eigenvalue weighted by atomic mass is 9.87. The van der Waals surface area contributed by atoms with Gasteiger partial charge in [0, 0.05) is 32.7 Å². The highest BCUT2D eigenvalue weighted by Gasteiger charge is 2.44. The van der Waals surface area contributed by atoms with Gasteiger partial charge in [-0.15, -0.1) is 0 Å². The number of likely N-dealkylation sites (tertiary alicyclic amines) is 1. The van der Waals surface area contributed by atoms with E-state index < -0.39 is 5.60 Å². The van der Waals surface area contributed by atoms with Crippen LogP contribution in [0.15, 0.2) is 24.3 Å². The van der Waals surface area contributed by atoms with E-state index in [4.69, 9.17) is 0 Å². The summed E-state index contributed by atoms with van der Waals surface area (Å²) in [7, 11) is 0. The number of fused-ring (bicyclic) bond motifs is 1. The smallest absolute Gasteiger partial charge is 0.255 e. The number of rotatable bonds is 3. The summed E-state index contributed by atoms with van der Waals surface area (Å²) in [6.07, 6.45) is 2.44. The van der Waals surface area contributed by atoms with E-state index in [1.165, 1.54) is 11.1 Å². The summed E-state index contributed by atoms with van der Waals surface area (Å²) in [5, 5.41) is 11.1. The van der Waals surface area contributed by atoms with Gasteiger partial charge in [-0.1, -0.05) is 45.0 Å². The van der Waals surface area contributed by atoms with Gasteiger partial charge in [-0.25, -0.2) is 0 Å². The first kappa shape index (κ1) is 17.4. The molecule has 1 saturated heterocycles. The van der Waals surface area contributed by atoms with Crippen LogP contribution in [0.2, 0.25) is 0 Å². The number of hydrogen-bond donors (Lipinski definition) is 1. The molecule has 3 rings (SSSR count). The molecule has 0 bridgehead atoms. The molecule has 0 aliphatic carbocycles. The number of aliphatic hydroxyl groups is 1. The molecule has 2 heterocycles. The highest BCUT2D eigenvalue weighted by atomic mass is 16.3. The van der Waals surface area contributed by atoms with Crippen LogP contribution in [0.5, 0.6) is 0 Å². The number of β-amino-alcohol motifs (C(OH)–C–C–N with tert-alkyl or cyclic N) is 1. The van der Waals surface area contributed by atoms with Crippen molar-refractivity contribution in [1.29, 1.82) is 0 Å². The zero-order valence-electron chi connectivity index (χ0n) is 15.2. The van der Waals surface area contributed by atoms with Crippen molar-refractivity contribution in [2.75, 3.05) is 26.2 Å². The predicted octanol–water partition coefficient (Wildman–Crippen LogP) is 2.44. The monoisotopic (exact) mass is 330 g/mol. The minimum atomic E-state index is -1.23. The Morgan fingerprint density at radius 3 is 2.58 bits per heavy atom. The van der Waals surface area contributed by atoms with Gasteiger partial charge in [0.15, 0.2) is 5.60 Å². The molecule has 0 aromatic heterocycles. The Kier molecular flexibility index (Phi) is 4.71. The van der Waals surface area contributed by atoms with Gasteiger partial charge >= 0.3 is 0 Å². The molecule has 1 N–H and O–H groups in total. The average Bonchev–Trinajstić information content (AvgIpc) is 2.51. The van der Waals surface area contributed by atoms with Crippen LogP contribution >= 0.6 is 0 Å². The summed E-state index contributed by atoms with van der Waals surface area (Å²) in [5.74, 6) is -0.0810. The molecule has 0 saturated carbocycles. The van der Waals surface area contributed by atoms with Gasteiger partial charge in [0.05, 0.1) is 0 Å². The van der Waals surface area contributed by atoms with Crippen LogP contribution in [-0.2, 0) is 17.8 Å². The first-order valence-corrected chi connectivity index (χ1v) is 9.08. The number of hydrogen-bond acceptors (Lipinski definition) is 3. The van der Waals surface area contributed by atoms with Crippen molar-refractivity contribution in [2.24, 2.45) is 5.41 Å². The van der Waals surface area contributed by atoms with Crippen LogP contribution in [0.4, 0.5) is 0 Å². The van der Waals surface area contributed by atoms with E-state index in [-0.39, 0.29) is 11.3 Å². The van der Waals surface area contributed by atoms with Crippen LogP contribution < -0.4 is 0 Å². The second kappa shape index (κ2) is 6.49. The predicted molar refractivity (Wildman–Crippen MR) is 95.6 cm³/mol. The number of benzene rings is 1. The van der Waals surface area contributed by atoms with Crippen LogP contribution in [0.1, 0.15) is 44.7 Å². The maximum Gasteiger partial charge on any atom is 0.255 e. The summed E-state index contributed by atoms with van der Waals surface area (Å²) < 4.78 is 0. The maximum absolute atomic E-state index is 12.9. The van der Waals surface area contributed by atoms with Gasteiger partial charge in [-0.3, -0.25) is 9.69 Å². The third-order valence-corrected chi connectivity index (χ3v) is 5.06. The molecule has 24 heavy (non-hydrogen) atoms. The molecule has 1 amide bonds. The first-order valence-electron chi connectivity index (χ1n) is 9.08. The molecule has 1 fully saturated rings. The fraction of sp³-hybridized carbons (Fsp3) is 0.650. The standard InChI is InChI=1S/C20H30N2O2/c1-19(2,3)14-22-11-6-10-20(24,18(22)23)15-21-12-9-16-7-4-5-8-17(16)13-21/h4-5,7-8,24H,6,9-15H2,1-3H3. The third kappa shape index (κ3) is 3.81. The summed E-state index contributed by atoms with van der Waals surface area (Å²) in [6, 6.07) is 8.48. The number of carbonyl (C=O) groups is 1. The topological polar surface area (TPSA) is 43.8 Å². The lowest BCUT2D eigenvalue weighted by Crippen LogP contribution is -2.60. The molecule has 1 aromatic carbocycles. The van der Waals surface area contributed by atoms with E-state index in [9.17, 15) is 9.90 Å². The SMILES string of the molecule is CC(C)(C)CN1CCCC(O)(CN2CCc3ccccc3C2)C1=O. The molecule has 1 unspecified atom stereocenters. The molecule has 4 heteroatoms. The number of carbonyl (C=O) groups excluding carboxylic acids is 1. The molecular formula is C20H30N2O2. The lowest BCUT2D eigenvalue weighted by molar-refractivity contribution is -0.161. The Labute approximate surface area is 145 Å². The Morgan fingerprint density at radius 1 is 1.17 bits per heavy atom. The summed E-state index contributed by atoms with van der Waals surface area (Å²) >= 11 is 0. The van der Waals surface area contributed by atoms with Crippen molar-refractivity contribution in [3.05, 3.63) is 35.4 Å². The molecular weight excluding hydrogens is 300 g/mol. The van der Waals surface area contributed by atoms with Crippen LogP contribution in [0.3, 0.4) is 0 Å². The summed E-state index contributed by atoms with van der Waals surface area (Å²) in [5.41, 5.74) is 1.54. The van der Waals surface area contributed by atoms with Gasteiger partial charge in [-0.2, -0.15) is 0 Å². The average molecular weight is 330 g/mol. The highest BCUT2D eigenvalue weighted by Crippen LogP contribution is 2.29. The first-order chi connectivity index (χ1) is 11.3. The largest absolute Gasteiger partial charge is 0.379 e. The summed E-state index contributed by atoms with van der Waals surface area (Å²) in [4.78, 5) is 17.0. The fourth-order valence-corrected chi connectivity index (χ4v) is 3.99. The van der Waals surface area contributed by atoms with Crippen LogP contribution in [0, 0.1) is 5.41 Å². The minimum absolute atomic E-state index is 0.0535. The summed E-state index contributed by atoms with van der Waals surface area (Å²) in [6.45, 7) is 10.1. The second-order valence-electron chi connectivity index (χ2n) is 8.65. The van der Waals surface area contributed by atoms with E-state index in [0.717, 1.165) is 32.5 Å². The van der Waals surface area contributed by atoms with Crippen LogP contribution in [0.25, 0.3) is 0 Å². The molecule has 0 radical (unpaired) electrons. The number of piperidine rings is 1. The van der Waals surface area contributed by atoms with Gasteiger partial charge in [0.1, 0.15) is 0 Å². The van der Waals surface area contributed by atoms with Crippen molar-refractivity contribution in [3.8, 4) is 0 Å². The van der Waals surface area contributed by atoms with Crippen molar-refractivity contribution in [2.45, 2.75) is 52.2 Å².